The number of nitrogens with zero attached hydrogens (tertiary/aromatic N) is 2. The Hall–Kier alpha value is -2.01. The maximum Gasteiger partial charge on any atom is 0.416 e. The van der Waals surface area contributed by atoms with Crippen molar-refractivity contribution in [3.8, 4) is 5.75 Å². The summed E-state index contributed by atoms with van der Waals surface area (Å²) in [5.41, 5.74) is -1.11. The standard InChI is InChI=1S/C19H17Cl2F3N2O4S/c20-14-3-1-2-4-16(14)30-12-18(27)25-7-9-26(10-8-25)31(28,29)17-11-13(19(22,23)24)5-6-15(17)21/h1-6,11H,7-10,12H2. The molecule has 0 N–H and O–H groups in total. The summed E-state index contributed by atoms with van der Waals surface area (Å²) in [6.07, 6.45) is -4.71. The van der Waals surface area contributed by atoms with Crippen LogP contribution in [0.2, 0.25) is 10.0 Å². The first-order valence-electron chi connectivity index (χ1n) is 9.02. The highest BCUT2D eigenvalue weighted by Gasteiger charge is 2.36. The lowest BCUT2D eigenvalue weighted by Crippen LogP contribution is -2.51. The molecule has 0 atom stereocenters. The maximum absolute atomic E-state index is 13.0. The summed E-state index contributed by atoms with van der Waals surface area (Å²) < 4.78 is 71.0. The average Bonchev–Trinajstić information content (AvgIpc) is 2.72. The van der Waals surface area contributed by atoms with Gasteiger partial charge in [0.1, 0.15) is 10.6 Å². The van der Waals surface area contributed by atoms with E-state index in [2.05, 4.69) is 0 Å². The first-order chi connectivity index (χ1) is 14.5. The van der Waals surface area contributed by atoms with Gasteiger partial charge >= 0.3 is 6.18 Å². The van der Waals surface area contributed by atoms with Gasteiger partial charge < -0.3 is 9.64 Å². The van der Waals surface area contributed by atoms with Crippen LogP contribution in [0.1, 0.15) is 5.56 Å². The van der Waals surface area contributed by atoms with Gasteiger partial charge in [-0.2, -0.15) is 17.5 Å². The lowest BCUT2D eigenvalue weighted by molar-refractivity contribution is -0.138. The zero-order valence-corrected chi connectivity index (χ0v) is 18.2. The molecular formula is C19H17Cl2F3N2O4S. The lowest BCUT2D eigenvalue weighted by atomic mass is 10.2. The Morgan fingerprint density at radius 2 is 1.65 bits per heavy atom. The van der Waals surface area contributed by atoms with Crippen LogP contribution in [0, 0.1) is 0 Å². The van der Waals surface area contributed by atoms with Crippen LogP contribution in [0.3, 0.4) is 0 Å². The molecule has 0 saturated carbocycles. The first kappa shape index (κ1) is 23.6. The molecule has 0 bridgehead atoms. The molecule has 1 fully saturated rings. The van der Waals surface area contributed by atoms with Gasteiger partial charge in [0.15, 0.2) is 6.61 Å². The number of carbonyl (C=O) groups excluding carboxylic acids is 1. The number of hydrogen-bond donors (Lipinski definition) is 0. The summed E-state index contributed by atoms with van der Waals surface area (Å²) in [6, 6.07) is 8.79. The van der Waals surface area contributed by atoms with Crippen molar-refractivity contribution in [1.29, 1.82) is 0 Å². The Labute approximate surface area is 187 Å². The third-order valence-corrected chi connectivity index (χ3v) is 7.35. The van der Waals surface area contributed by atoms with Gasteiger partial charge in [-0.1, -0.05) is 35.3 Å². The predicted molar refractivity (Wildman–Crippen MR) is 109 cm³/mol. The molecule has 1 heterocycles. The summed E-state index contributed by atoms with van der Waals surface area (Å²) in [5, 5.41) is 0.0452. The van der Waals surface area contributed by atoms with E-state index in [4.69, 9.17) is 27.9 Å². The van der Waals surface area contributed by atoms with Gasteiger partial charge in [-0.3, -0.25) is 4.79 Å². The number of rotatable bonds is 5. The van der Waals surface area contributed by atoms with Gasteiger partial charge in [-0.15, -0.1) is 0 Å². The van der Waals surface area contributed by atoms with Gasteiger partial charge in [0.25, 0.3) is 5.91 Å². The molecule has 1 amide bonds. The van der Waals surface area contributed by atoms with Crippen LogP contribution in [0.4, 0.5) is 13.2 Å². The largest absolute Gasteiger partial charge is 0.482 e. The number of carbonyl (C=O) groups is 1. The second-order valence-corrected chi connectivity index (χ2v) is 9.37. The quantitative estimate of drug-likeness (QED) is 0.628. The van der Waals surface area contributed by atoms with Crippen LogP contribution in [-0.4, -0.2) is 56.3 Å². The van der Waals surface area contributed by atoms with E-state index in [0.717, 1.165) is 16.4 Å². The number of hydrogen-bond acceptors (Lipinski definition) is 4. The molecule has 12 heteroatoms. The highest BCUT2D eigenvalue weighted by Crippen LogP contribution is 2.34. The molecule has 2 aromatic rings. The Kier molecular flexibility index (Phi) is 7.04. The van der Waals surface area contributed by atoms with E-state index in [9.17, 15) is 26.4 Å². The SMILES string of the molecule is O=C(COc1ccccc1Cl)N1CCN(S(=O)(=O)c2cc(C(F)(F)F)ccc2Cl)CC1. The minimum Gasteiger partial charge on any atom is -0.482 e. The monoisotopic (exact) mass is 496 g/mol. The van der Waals surface area contributed by atoms with Crippen LogP contribution >= 0.6 is 23.2 Å². The first-order valence-corrected chi connectivity index (χ1v) is 11.2. The zero-order chi connectivity index (χ0) is 22.8. The van der Waals surface area contributed by atoms with E-state index < -0.39 is 26.7 Å². The van der Waals surface area contributed by atoms with Crippen LogP contribution in [-0.2, 0) is 21.0 Å². The molecule has 1 aliphatic rings. The molecule has 0 spiro atoms. The Morgan fingerprint density at radius 3 is 2.26 bits per heavy atom. The molecule has 3 rings (SSSR count). The number of para-hydroxylation sites is 1. The molecule has 0 aliphatic carbocycles. The number of ether oxygens (including phenoxy) is 1. The van der Waals surface area contributed by atoms with Gasteiger partial charge in [0.2, 0.25) is 10.0 Å². The van der Waals surface area contributed by atoms with Crippen LogP contribution in [0.25, 0.3) is 0 Å². The van der Waals surface area contributed by atoms with Crippen LogP contribution < -0.4 is 4.74 Å². The molecule has 1 saturated heterocycles. The predicted octanol–water partition coefficient (Wildman–Crippen LogP) is 3.92. The van der Waals surface area contributed by atoms with Crippen LogP contribution in [0.5, 0.6) is 5.75 Å². The molecule has 0 aromatic heterocycles. The molecule has 0 radical (unpaired) electrons. The number of piperazine rings is 1. The number of amides is 1. The number of benzene rings is 2. The smallest absolute Gasteiger partial charge is 0.416 e. The van der Waals surface area contributed by atoms with Crippen LogP contribution in [0.15, 0.2) is 47.4 Å². The minimum absolute atomic E-state index is 0.0561. The third-order valence-electron chi connectivity index (χ3n) is 4.66. The molecule has 2 aromatic carbocycles. The van der Waals surface area contributed by atoms with Gasteiger partial charge in [0, 0.05) is 26.2 Å². The minimum atomic E-state index is -4.71. The van der Waals surface area contributed by atoms with Crippen molar-refractivity contribution in [2.24, 2.45) is 0 Å². The van der Waals surface area contributed by atoms with Gasteiger partial charge in [-0.05, 0) is 30.3 Å². The fraction of sp³-hybridized carbons (Fsp3) is 0.316. The summed E-state index contributed by atoms with van der Waals surface area (Å²) in [5.74, 6) is -0.0213. The van der Waals surface area contributed by atoms with Crippen molar-refractivity contribution >= 4 is 39.1 Å². The fourth-order valence-electron chi connectivity index (χ4n) is 2.99. The van der Waals surface area contributed by atoms with Gasteiger partial charge in [0.05, 0.1) is 15.6 Å². The highest BCUT2D eigenvalue weighted by atomic mass is 35.5. The van der Waals surface area contributed by atoms with Crippen molar-refractivity contribution in [2.45, 2.75) is 11.1 Å². The Bertz CT molecular complexity index is 1070. The van der Waals surface area contributed by atoms with E-state index in [1.165, 1.54) is 4.90 Å². The summed E-state index contributed by atoms with van der Waals surface area (Å²) >= 11 is 11.8. The summed E-state index contributed by atoms with van der Waals surface area (Å²) in [4.78, 5) is 13.2. The van der Waals surface area contributed by atoms with Crippen molar-refractivity contribution in [3.05, 3.63) is 58.1 Å². The van der Waals surface area contributed by atoms with Gasteiger partial charge in [-0.25, -0.2) is 8.42 Å². The van der Waals surface area contributed by atoms with E-state index in [1.807, 2.05) is 0 Å². The lowest BCUT2D eigenvalue weighted by Gasteiger charge is -2.34. The molecule has 31 heavy (non-hydrogen) atoms. The molecule has 6 nitrogen and oxygen atoms in total. The second-order valence-electron chi connectivity index (χ2n) is 6.65. The molecule has 168 valence electrons. The highest BCUT2D eigenvalue weighted by molar-refractivity contribution is 7.89. The molecule has 0 unspecified atom stereocenters. The Morgan fingerprint density at radius 1 is 1.00 bits per heavy atom. The van der Waals surface area contributed by atoms with Crippen molar-refractivity contribution < 1.29 is 31.1 Å². The number of sulfonamides is 1. The van der Waals surface area contributed by atoms with E-state index in [-0.39, 0.29) is 43.7 Å². The third kappa shape index (κ3) is 5.43. The summed E-state index contributed by atoms with van der Waals surface area (Å²) in [6.45, 7) is -0.351. The normalized spacial score (nSPS) is 15.7. The Balaban J connectivity index is 1.65. The maximum atomic E-state index is 13.0. The van der Waals surface area contributed by atoms with E-state index in [1.54, 1.807) is 24.3 Å². The van der Waals surface area contributed by atoms with E-state index in [0.29, 0.717) is 16.8 Å². The zero-order valence-electron chi connectivity index (χ0n) is 15.9. The van der Waals surface area contributed by atoms with Crippen molar-refractivity contribution in [2.75, 3.05) is 32.8 Å². The summed E-state index contributed by atoms with van der Waals surface area (Å²) in [7, 11) is -4.27. The topological polar surface area (TPSA) is 66.9 Å². The van der Waals surface area contributed by atoms with Crippen molar-refractivity contribution in [1.82, 2.24) is 9.21 Å². The average molecular weight is 497 g/mol. The number of alkyl halides is 3. The second kappa shape index (κ2) is 9.23. The fourth-order valence-corrected chi connectivity index (χ4v) is 5.10. The molecule has 1 aliphatic heterocycles. The molecular weight excluding hydrogens is 480 g/mol. The van der Waals surface area contributed by atoms with E-state index >= 15 is 0 Å². The number of halogens is 5. The van der Waals surface area contributed by atoms with Crippen molar-refractivity contribution in [3.63, 3.8) is 0 Å².